The third-order valence-corrected chi connectivity index (χ3v) is 6.24. The van der Waals surface area contributed by atoms with Crippen molar-refractivity contribution in [2.45, 2.75) is 58.7 Å². The molecule has 1 amide bonds. The zero-order valence-corrected chi connectivity index (χ0v) is 20.1. The number of rotatable bonds is 3. The quantitative estimate of drug-likeness (QED) is 0.457. The number of aryl methyl sites for hydroxylation is 1. The summed E-state index contributed by atoms with van der Waals surface area (Å²) in [5.41, 5.74) is 3.38. The molecule has 0 radical (unpaired) electrons. The predicted molar refractivity (Wildman–Crippen MR) is 130 cm³/mol. The molecule has 1 aliphatic heterocycles. The summed E-state index contributed by atoms with van der Waals surface area (Å²) in [7, 11) is 0. The number of likely N-dealkylation sites (tertiary alicyclic amines) is 1. The number of amides is 1. The molecule has 9 heteroatoms. The maximum atomic E-state index is 13.5. The van der Waals surface area contributed by atoms with Crippen LogP contribution in [0.25, 0.3) is 27.9 Å². The number of carbonyl (C=O) groups is 1. The minimum Gasteiger partial charge on any atom is -0.444 e. The summed E-state index contributed by atoms with van der Waals surface area (Å²) in [5, 5.41) is 4.43. The number of hydrogen-bond acceptors (Lipinski definition) is 5. The van der Waals surface area contributed by atoms with Crippen molar-refractivity contribution in [3.8, 4) is 11.3 Å². The van der Waals surface area contributed by atoms with Gasteiger partial charge >= 0.3 is 11.8 Å². The lowest BCUT2D eigenvalue weighted by Crippen LogP contribution is -2.45. The van der Waals surface area contributed by atoms with Crippen LogP contribution >= 0.6 is 0 Å². The predicted octanol–water partition coefficient (Wildman–Crippen LogP) is 4.10. The van der Waals surface area contributed by atoms with E-state index in [4.69, 9.17) is 9.72 Å². The molecule has 1 aliphatic rings. The van der Waals surface area contributed by atoms with Crippen LogP contribution in [0, 0.1) is 0 Å². The van der Waals surface area contributed by atoms with Crippen molar-refractivity contribution in [3.63, 3.8) is 0 Å². The molecule has 1 atom stereocenters. The molecule has 9 nitrogen and oxygen atoms in total. The van der Waals surface area contributed by atoms with E-state index in [-0.39, 0.29) is 17.8 Å². The van der Waals surface area contributed by atoms with Gasteiger partial charge in [-0.2, -0.15) is 5.10 Å². The van der Waals surface area contributed by atoms with Gasteiger partial charge in [-0.1, -0.05) is 6.07 Å². The van der Waals surface area contributed by atoms with Crippen molar-refractivity contribution in [1.82, 2.24) is 28.6 Å². The van der Waals surface area contributed by atoms with Crippen molar-refractivity contribution >= 4 is 22.8 Å². The molecule has 0 N–H and O–H groups in total. The Morgan fingerprint density at radius 2 is 2.00 bits per heavy atom. The number of nitrogens with zero attached hydrogens (tertiary/aromatic N) is 6. The molecule has 0 unspecified atom stereocenters. The Balaban J connectivity index is 1.58. The first-order chi connectivity index (χ1) is 16.3. The molecule has 0 aromatic carbocycles. The van der Waals surface area contributed by atoms with Crippen LogP contribution in [-0.4, -0.2) is 53.4 Å². The summed E-state index contributed by atoms with van der Waals surface area (Å²) in [4.78, 5) is 32.8. The molecule has 4 aromatic heterocycles. The summed E-state index contributed by atoms with van der Waals surface area (Å²) in [6.07, 6.45) is 4.94. The van der Waals surface area contributed by atoms with Crippen LogP contribution in [-0.2, 0) is 11.3 Å². The molecule has 34 heavy (non-hydrogen) atoms. The van der Waals surface area contributed by atoms with Gasteiger partial charge in [0.25, 0.3) is 0 Å². The first-order valence-electron chi connectivity index (χ1n) is 11.8. The summed E-state index contributed by atoms with van der Waals surface area (Å²) in [6, 6.07) is 9.62. The Kier molecular flexibility index (Phi) is 5.42. The molecule has 1 saturated heterocycles. The molecule has 0 saturated carbocycles. The van der Waals surface area contributed by atoms with Gasteiger partial charge in [-0.3, -0.25) is 9.13 Å². The van der Waals surface area contributed by atoms with E-state index in [1.165, 1.54) is 0 Å². The van der Waals surface area contributed by atoms with E-state index in [2.05, 4.69) is 5.10 Å². The molecule has 0 spiro atoms. The van der Waals surface area contributed by atoms with Crippen molar-refractivity contribution in [2.24, 2.45) is 0 Å². The van der Waals surface area contributed by atoms with E-state index in [1.807, 2.05) is 68.7 Å². The van der Waals surface area contributed by atoms with Gasteiger partial charge in [-0.25, -0.2) is 19.1 Å². The van der Waals surface area contributed by atoms with Crippen molar-refractivity contribution < 1.29 is 9.53 Å². The van der Waals surface area contributed by atoms with E-state index < -0.39 is 5.60 Å². The number of aromatic nitrogens is 5. The van der Waals surface area contributed by atoms with E-state index >= 15 is 0 Å². The lowest BCUT2D eigenvalue weighted by molar-refractivity contribution is 0.0172. The van der Waals surface area contributed by atoms with E-state index in [9.17, 15) is 9.59 Å². The summed E-state index contributed by atoms with van der Waals surface area (Å²) < 4.78 is 10.9. The highest BCUT2D eigenvalue weighted by Crippen LogP contribution is 2.28. The fraction of sp³-hybridized carbons (Fsp3) is 0.440. The first-order valence-corrected chi connectivity index (χ1v) is 11.8. The van der Waals surface area contributed by atoms with Crippen molar-refractivity contribution in [3.05, 3.63) is 53.2 Å². The van der Waals surface area contributed by atoms with E-state index in [0.29, 0.717) is 25.3 Å². The van der Waals surface area contributed by atoms with Gasteiger partial charge in [0.15, 0.2) is 5.65 Å². The Morgan fingerprint density at radius 3 is 2.76 bits per heavy atom. The highest BCUT2D eigenvalue weighted by molar-refractivity contribution is 5.82. The van der Waals surface area contributed by atoms with Gasteiger partial charge in [-0.05, 0) is 64.8 Å². The molecule has 0 bridgehead atoms. The molecular weight excluding hydrogens is 432 g/mol. The zero-order chi connectivity index (χ0) is 24.0. The molecule has 5 rings (SSSR count). The Labute approximate surface area is 197 Å². The summed E-state index contributed by atoms with van der Waals surface area (Å²) in [5.74, 6) is 0. The van der Waals surface area contributed by atoms with Gasteiger partial charge in [0.05, 0.1) is 29.0 Å². The van der Waals surface area contributed by atoms with Gasteiger partial charge in [-0.15, -0.1) is 0 Å². The fourth-order valence-electron chi connectivity index (χ4n) is 4.73. The molecule has 4 aromatic rings. The normalized spacial score (nSPS) is 16.9. The van der Waals surface area contributed by atoms with Crippen LogP contribution in [0.3, 0.4) is 0 Å². The van der Waals surface area contributed by atoms with Gasteiger partial charge in [0, 0.05) is 31.4 Å². The molecule has 5 heterocycles. The second kappa shape index (κ2) is 8.30. The van der Waals surface area contributed by atoms with Crippen LogP contribution in [0.2, 0.25) is 0 Å². The van der Waals surface area contributed by atoms with E-state index in [1.54, 1.807) is 20.2 Å². The van der Waals surface area contributed by atoms with Crippen molar-refractivity contribution in [2.75, 3.05) is 13.1 Å². The zero-order valence-electron chi connectivity index (χ0n) is 20.1. The van der Waals surface area contributed by atoms with Gasteiger partial charge in [0.1, 0.15) is 5.60 Å². The average molecular weight is 463 g/mol. The SMILES string of the molecule is CCn1c(=O)n([C@H]2CCCN(C(=O)OC(C)(C)C)C2)c2nc(-c3cnn4ccccc34)ccc21. The minimum absolute atomic E-state index is 0.0990. The highest BCUT2D eigenvalue weighted by Gasteiger charge is 2.31. The summed E-state index contributed by atoms with van der Waals surface area (Å²) in [6.45, 7) is 9.11. The largest absolute Gasteiger partial charge is 0.444 e. The number of piperidine rings is 1. The Hall–Kier alpha value is -3.62. The summed E-state index contributed by atoms with van der Waals surface area (Å²) >= 11 is 0. The maximum absolute atomic E-state index is 13.5. The van der Waals surface area contributed by atoms with Crippen LogP contribution in [0.5, 0.6) is 0 Å². The number of carbonyl (C=O) groups excluding carboxylic acids is 1. The molecule has 178 valence electrons. The number of hydrogen-bond donors (Lipinski definition) is 0. The topological polar surface area (TPSA) is 86.7 Å². The maximum Gasteiger partial charge on any atom is 0.410 e. The molecule has 1 fully saturated rings. The third kappa shape index (κ3) is 3.85. The Bertz CT molecular complexity index is 1420. The van der Waals surface area contributed by atoms with Crippen LogP contribution in [0.15, 0.2) is 47.5 Å². The lowest BCUT2D eigenvalue weighted by Gasteiger charge is -2.34. The van der Waals surface area contributed by atoms with Crippen LogP contribution < -0.4 is 5.69 Å². The number of pyridine rings is 2. The minimum atomic E-state index is -0.566. The van der Waals surface area contributed by atoms with Crippen LogP contribution in [0.1, 0.15) is 46.6 Å². The first kappa shape index (κ1) is 22.2. The van der Waals surface area contributed by atoms with Crippen LogP contribution in [0.4, 0.5) is 4.79 Å². The van der Waals surface area contributed by atoms with Gasteiger partial charge in [0.2, 0.25) is 0 Å². The lowest BCUT2D eigenvalue weighted by atomic mass is 10.1. The van der Waals surface area contributed by atoms with Gasteiger partial charge < -0.3 is 9.64 Å². The molecule has 0 aliphatic carbocycles. The molecular formula is C25H30N6O3. The average Bonchev–Trinajstić information content (AvgIpc) is 3.35. The van der Waals surface area contributed by atoms with E-state index in [0.717, 1.165) is 35.1 Å². The van der Waals surface area contributed by atoms with Crippen molar-refractivity contribution in [1.29, 1.82) is 0 Å². The third-order valence-electron chi connectivity index (χ3n) is 6.24. The smallest absolute Gasteiger partial charge is 0.410 e. The highest BCUT2D eigenvalue weighted by atomic mass is 16.6. The standard InChI is InChI=1S/C25H30N6O3/c1-5-29-21-12-11-19(18-15-26-30-14-7-6-10-20(18)30)27-22(21)31(23(29)32)17-9-8-13-28(16-17)24(33)34-25(2,3)4/h6-7,10-12,14-15,17H,5,8-9,13,16H2,1-4H3/t17-/m0/s1. The second-order valence-electron chi connectivity index (χ2n) is 9.75. The number of ether oxygens (including phenoxy) is 1. The fourth-order valence-corrected chi connectivity index (χ4v) is 4.73. The number of imidazole rings is 1. The number of fused-ring (bicyclic) bond motifs is 2. The second-order valence-corrected chi connectivity index (χ2v) is 9.75. The Morgan fingerprint density at radius 1 is 1.18 bits per heavy atom. The monoisotopic (exact) mass is 462 g/mol.